The third-order valence-electron chi connectivity index (χ3n) is 5.47. The van der Waals surface area contributed by atoms with Gasteiger partial charge in [0.1, 0.15) is 13.0 Å². The number of fused-ring (bicyclic) bond motifs is 6. The summed E-state index contributed by atoms with van der Waals surface area (Å²) >= 11 is 0. The van der Waals surface area contributed by atoms with E-state index in [-0.39, 0.29) is 18.2 Å². The van der Waals surface area contributed by atoms with Gasteiger partial charge >= 0.3 is 0 Å². The highest BCUT2D eigenvalue weighted by atomic mass is 19.2. The van der Waals surface area contributed by atoms with E-state index in [2.05, 4.69) is 22.1 Å². The largest absolute Gasteiger partial charge is 0.337 e. The van der Waals surface area contributed by atoms with Crippen LogP contribution in [0.25, 0.3) is 0 Å². The van der Waals surface area contributed by atoms with Gasteiger partial charge in [-0.1, -0.05) is 29.6 Å². The highest BCUT2D eigenvalue weighted by Gasteiger charge is 2.47. The average Bonchev–Trinajstić information content (AvgIpc) is 3.05. The van der Waals surface area contributed by atoms with Crippen LogP contribution in [0.15, 0.2) is 45.8 Å². The first-order valence-corrected chi connectivity index (χ1v) is 8.61. The van der Waals surface area contributed by atoms with Gasteiger partial charge in [0.05, 0.1) is 11.9 Å². The zero-order chi connectivity index (χ0) is 17.5. The number of aliphatic imine (C=N–C) groups is 1. The van der Waals surface area contributed by atoms with Crippen molar-refractivity contribution in [3.8, 4) is 0 Å². The molecular formula is C17H16FN7O. The Kier molecular flexibility index (Phi) is 2.46. The number of nitrogens with zero attached hydrogens (tertiary/aromatic N) is 7. The van der Waals surface area contributed by atoms with E-state index in [9.17, 15) is 4.48 Å². The van der Waals surface area contributed by atoms with Crippen LogP contribution in [0.1, 0.15) is 37.4 Å². The maximum Gasteiger partial charge on any atom is 0.290 e. The van der Waals surface area contributed by atoms with E-state index in [0.29, 0.717) is 22.8 Å². The van der Waals surface area contributed by atoms with Gasteiger partial charge in [-0.15, -0.1) is 0 Å². The second kappa shape index (κ2) is 4.54. The lowest BCUT2D eigenvalue weighted by atomic mass is 10.1. The Morgan fingerprint density at radius 3 is 2.96 bits per heavy atom. The van der Waals surface area contributed by atoms with Gasteiger partial charge in [0.15, 0.2) is 12.0 Å². The molecule has 1 aliphatic carbocycles. The van der Waals surface area contributed by atoms with Gasteiger partial charge in [-0.05, 0) is 24.1 Å². The molecule has 3 aliphatic heterocycles. The Labute approximate surface area is 148 Å². The Morgan fingerprint density at radius 1 is 1.27 bits per heavy atom. The number of benzene rings is 1. The molecule has 8 nitrogen and oxygen atoms in total. The molecule has 1 aromatic carbocycles. The third-order valence-corrected chi connectivity index (χ3v) is 5.47. The molecule has 1 fully saturated rings. The van der Waals surface area contributed by atoms with Crippen molar-refractivity contribution < 1.29 is 9.00 Å². The number of rotatable bonds is 2. The van der Waals surface area contributed by atoms with Crippen LogP contribution in [0.5, 0.6) is 0 Å². The molecule has 1 unspecified atom stereocenters. The Hall–Kier alpha value is -3.10. The van der Waals surface area contributed by atoms with Gasteiger partial charge in [0, 0.05) is 11.0 Å². The molecule has 26 heavy (non-hydrogen) atoms. The summed E-state index contributed by atoms with van der Waals surface area (Å²) < 4.78 is 19.5. The van der Waals surface area contributed by atoms with E-state index in [1.54, 1.807) is 11.3 Å². The predicted molar refractivity (Wildman–Crippen MR) is 91.3 cm³/mol. The van der Waals surface area contributed by atoms with E-state index < -0.39 is 0 Å². The standard InChI is InChI=1S/C17H16FN7O/c1-17(6-7-17)15-20-16(21-26-15)24-9-19-14-11-4-2-3-5-12(11)23-10-22(18)8-13(23)25(14)24/h2-5,8-9,14H,6-7,10H2,1H3. The van der Waals surface area contributed by atoms with Gasteiger partial charge in [-0.2, -0.15) is 10.1 Å². The summed E-state index contributed by atoms with van der Waals surface area (Å²) in [5.74, 6) is 1.75. The quantitative estimate of drug-likeness (QED) is 0.769. The van der Waals surface area contributed by atoms with E-state index in [0.717, 1.165) is 24.1 Å². The van der Waals surface area contributed by atoms with Crippen LogP contribution in [0.4, 0.5) is 16.1 Å². The van der Waals surface area contributed by atoms with Crippen molar-refractivity contribution in [2.24, 2.45) is 4.99 Å². The van der Waals surface area contributed by atoms with E-state index in [1.165, 1.54) is 6.20 Å². The highest BCUT2D eigenvalue weighted by Crippen LogP contribution is 2.49. The molecule has 0 amide bonds. The summed E-state index contributed by atoms with van der Waals surface area (Å²) in [6.45, 7) is 2.25. The maximum absolute atomic E-state index is 14.1. The van der Waals surface area contributed by atoms with Crippen LogP contribution in [0.3, 0.4) is 0 Å². The second-order valence-electron chi connectivity index (χ2n) is 7.30. The maximum atomic E-state index is 14.1. The van der Waals surface area contributed by atoms with Gasteiger partial charge in [-0.3, -0.25) is 0 Å². The Bertz CT molecular complexity index is 966. The molecule has 0 N–H and O–H groups in total. The number of anilines is 2. The molecular weight excluding hydrogens is 337 g/mol. The molecule has 0 spiro atoms. The summed E-state index contributed by atoms with van der Waals surface area (Å²) in [5, 5.41) is 8.43. The first-order chi connectivity index (χ1) is 12.6. The van der Waals surface area contributed by atoms with Crippen LogP contribution < -0.4 is 9.91 Å². The number of hydrazine groups is 1. The van der Waals surface area contributed by atoms with Gasteiger partial charge in [0.2, 0.25) is 5.89 Å². The number of para-hydroxylation sites is 1. The van der Waals surface area contributed by atoms with Crippen molar-refractivity contribution in [1.29, 1.82) is 0 Å². The fourth-order valence-electron chi connectivity index (χ4n) is 3.69. The summed E-state index contributed by atoms with van der Waals surface area (Å²) in [5.41, 5.74) is 1.96. The van der Waals surface area contributed by atoms with E-state index >= 15 is 0 Å². The predicted octanol–water partition coefficient (Wildman–Crippen LogP) is 2.66. The Balaban J connectivity index is 1.44. The molecule has 0 radical (unpaired) electrons. The molecule has 4 aliphatic rings. The van der Waals surface area contributed by atoms with Gasteiger partial charge in [-0.25, -0.2) is 15.0 Å². The van der Waals surface area contributed by atoms with Crippen molar-refractivity contribution in [3.63, 3.8) is 0 Å². The minimum atomic E-state index is -0.279. The van der Waals surface area contributed by atoms with Crippen LogP contribution >= 0.6 is 0 Å². The molecule has 0 saturated heterocycles. The number of hydrogen-bond donors (Lipinski definition) is 0. The fourth-order valence-corrected chi connectivity index (χ4v) is 3.69. The average molecular weight is 353 g/mol. The van der Waals surface area contributed by atoms with Crippen LogP contribution in [0, 0.1) is 0 Å². The normalized spacial score (nSPS) is 24.5. The van der Waals surface area contributed by atoms with Gasteiger partial charge < -0.3 is 9.42 Å². The molecule has 1 saturated carbocycles. The second-order valence-corrected chi connectivity index (χ2v) is 7.30. The van der Waals surface area contributed by atoms with E-state index in [4.69, 9.17) is 4.52 Å². The molecule has 9 heteroatoms. The third kappa shape index (κ3) is 1.74. The molecule has 132 valence electrons. The summed E-state index contributed by atoms with van der Waals surface area (Å²) in [7, 11) is 0. The Morgan fingerprint density at radius 2 is 2.12 bits per heavy atom. The van der Waals surface area contributed by atoms with Gasteiger partial charge in [0.25, 0.3) is 5.95 Å². The van der Waals surface area contributed by atoms with Crippen LogP contribution in [-0.4, -0.2) is 33.3 Å². The lowest BCUT2D eigenvalue weighted by Gasteiger charge is -2.41. The van der Waals surface area contributed by atoms with Crippen molar-refractivity contribution in [3.05, 3.63) is 47.7 Å². The topological polar surface area (TPSA) is 64.2 Å². The molecule has 4 heterocycles. The van der Waals surface area contributed by atoms with E-state index in [1.807, 2.05) is 34.2 Å². The summed E-state index contributed by atoms with van der Waals surface area (Å²) in [4.78, 5) is 11.1. The van der Waals surface area contributed by atoms with Crippen molar-refractivity contribution in [2.75, 3.05) is 16.6 Å². The fraction of sp³-hybridized carbons (Fsp3) is 0.353. The molecule has 2 aromatic rings. The lowest BCUT2D eigenvalue weighted by Crippen LogP contribution is -2.47. The molecule has 1 aromatic heterocycles. The first-order valence-electron chi connectivity index (χ1n) is 8.61. The number of aromatic nitrogens is 2. The molecule has 0 bridgehead atoms. The minimum absolute atomic E-state index is 0.00951. The zero-order valence-electron chi connectivity index (χ0n) is 14.1. The monoisotopic (exact) mass is 353 g/mol. The smallest absolute Gasteiger partial charge is 0.290 e. The summed E-state index contributed by atoms with van der Waals surface area (Å²) in [6.07, 6.45) is 4.97. The van der Waals surface area contributed by atoms with Crippen molar-refractivity contribution in [2.45, 2.75) is 31.3 Å². The number of halogens is 1. The van der Waals surface area contributed by atoms with Crippen LogP contribution in [0.2, 0.25) is 0 Å². The van der Waals surface area contributed by atoms with Crippen molar-refractivity contribution >= 4 is 18.0 Å². The number of hydrogen-bond acceptors (Lipinski definition) is 8. The molecule has 6 rings (SSSR count). The highest BCUT2D eigenvalue weighted by molar-refractivity contribution is 5.80. The van der Waals surface area contributed by atoms with Crippen molar-refractivity contribution in [1.82, 2.24) is 20.3 Å². The minimum Gasteiger partial charge on any atom is -0.337 e. The summed E-state index contributed by atoms with van der Waals surface area (Å²) in [6, 6.07) is 7.91. The lowest BCUT2D eigenvalue weighted by molar-refractivity contribution is 0.104. The SMILES string of the molecule is CC1(c2nc(N3C=NC4c5ccccc5N5CN(F)C=C5N43)no2)CC1. The zero-order valence-corrected chi connectivity index (χ0v) is 14.1. The van der Waals surface area contributed by atoms with Crippen LogP contribution in [-0.2, 0) is 5.41 Å². The molecule has 1 atom stereocenters. The first kappa shape index (κ1) is 14.1.